The van der Waals surface area contributed by atoms with Crippen LogP contribution in [0.15, 0.2) is 24.5 Å². The lowest BCUT2D eigenvalue weighted by Crippen LogP contribution is -2.49. The molecule has 4 aliphatic rings. The number of pyridine rings is 1. The molecule has 1 heterocycles. The van der Waals surface area contributed by atoms with Crippen LogP contribution in [-0.4, -0.2) is 11.5 Å². The summed E-state index contributed by atoms with van der Waals surface area (Å²) >= 11 is 0. The zero-order valence-corrected chi connectivity index (χ0v) is 12.5. The van der Waals surface area contributed by atoms with E-state index in [9.17, 15) is 0 Å². The zero-order chi connectivity index (χ0) is 13.5. The van der Waals surface area contributed by atoms with E-state index >= 15 is 0 Å². The van der Waals surface area contributed by atoms with E-state index in [-0.39, 0.29) is 0 Å². The van der Waals surface area contributed by atoms with Gasteiger partial charge in [0, 0.05) is 18.4 Å². The molecule has 4 bridgehead atoms. The van der Waals surface area contributed by atoms with Crippen LogP contribution in [0, 0.1) is 29.6 Å². The summed E-state index contributed by atoms with van der Waals surface area (Å²) in [6.45, 7) is 3.29. The van der Waals surface area contributed by atoms with Crippen molar-refractivity contribution >= 4 is 0 Å². The van der Waals surface area contributed by atoms with E-state index in [1.807, 2.05) is 6.20 Å². The van der Waals surface area contributed by atoms with Crippen LogP contribution in [0.2, 0.25) is 0 Å². The van der Waals surface area contributed by atoms with Crippen LogP contribution < -0.4 is 5.32 Å². The average Bonchev–Trinajstić information content (AvgIpc) is 2.46. The third-order valence-corrected chi connectivity index (χ3v) is 6.15. The van der Waals surface area contributed by atoms with Gasteiger partial charge in [0.1, 0.15) is 0 Å². The molecule has 20 heavy (non-hydrogen) atoms. The fraction of sp³-hybridized carbons (Fsp3) is 0.722. The Morgan fingerprint density at radius 1 is 1.15 bits per heavy atom. The minimum Gasteiger partial charge on any atom is -0.310 e. The first-order valence-corrected chi connectivity index (χ1v) is 8.48. The maximum atomic E-state index is 4.36. The van der Waals surface area contributed by atoms with E-state index in [0.717, 1.165) is 36.1 Å². The molecule has 4 aliphatic carbocycles. The van der Waals surface area contributed by atoms with Crippen LogP contribution in [0.5, 0.6) is 0 Å². The summed E-state index contributed by atoms with van der Waals surface area (Å²) in [4.78, 5) is 4.36. The molecule has 0 saturated heterocycles. The van der Waals surface area contributed by atoms with Gasteiger partial charge in [-0.05, 0) is 79.9 Å². The first kappa shape index (κ1) is 12.8. The predicted molar refractivity (Wildman–Crippen MR) is 81.2 cm³/mol. The van der Waals surface area contributed by atoms with Gasteiger partial charge in [0.15, 0.2) is 0 Å². The number of hydrogen-bond acceptors (Lipinski definition) is 2. The summed E-state index contributed by atoms with van der Waals surface area (Å²) in [5.41, 5.74) is 1.41. The van der Waals surface area contributed by atoms with Crippen LogP contribution in [0.1, 0.15) is 50.6 Å². The number of hydrogen-bond donors (Lipinski definition) is 1. The summed E-state index contributed by atoms with van der Waals surface area (Å²) in [7, 11) is 0. The average molecular weight is 270 g/mol. The molecule has 1 unspecified atom stereocenters. The van der Waals surface area contributed by atoms with Crippen LogP contribution in [0.25, 0.3) is 0 Å². The highest BCUT2D eigenvalue weighted by molar-refractivity contribution is 5.17. The first-order valence-electron chi connectivity index (χ1n) is 8.48. The van der Waals surface area contributed by atoms with Crippen molar-refractivity contribution in [2.24, 2.45) is 29.6 Å². The molecule has 0 aliphatic heterocycles. The molecule has 2 nitrogen and oxygen atoms in total. The van der Waals surface area contributed by atoms with Crippen molar-refractivity contribution in [3.05, 3.63) is 30.1 Å². The lowest BCUT2D eigenvalue weighted by molar-refractivity contribution is -0.0523. The Balaban J connectivity index is 1.63. The Labute approximate surface area is 122 Å². The summed E-state index contributed by atoms with van der Waals surface area (Å²) in [6, 6.07) is 4.89. The van der Waals surface area contributed by atoms with Gasteiger partial charge in [0.25, 0.3) is 0 Å². The maximum Gasteiger partial charge on any atom is 0.0369 e. The molecule has 0 amide bonds. The molecule has 0 radical (unpaired) electrons. The molecule has 1 atom stereocenters. The minimum atomic E-state index is 0.531. The van der Waals surface area contributed by atoms with E-state index in [2.05, 4.69) is 35.6 Å². The normalized spacial score (nSPS) is 40.0. The Kier molecular flexibility index (Phi) is 3.30. The number of nitrogens with one attached hydrogen (secondary N) is 1. The molecule has 1 N–H and O–H groups in total. The summed E-state index contributed by atoms with van der Waals surface area (Å²) in [6.07, 6.45) is 11.5. The summed E-state index contributed by atoms with van der Waals surface area (Å²) in [5.74, 6) is 4.91. The molecule has 1 aromatic rings. The van der Waals surface area contributed by atoms with Crippen molar-refractivity contribution in [1.29, 1.82) is 0 Å². The molecule has 5 rings (SSSR count). The molecule has 0 spiro atoms. The highest BCUT2D eigenvalue weighted by atomic mass is 14.9. The monoisotopic (exact) mass is 270 g/mol. The van der Waals surface area contributed by atoms with Crippen LogP contribution >= 0.6 is 0 Å². The summed E-state index contributed by atoms with van der Waals surface area (Å²) in [5, 5.41) is 3.79. The van der Waals surface area contributed by atoms with Crippen LogP contribution in [-0.2, 0) is 0 Å². The van der Waals surface area contributed by atoms with E-state index in [1.165, 1.54) is 31.2 Å². The smallest absolute Gasteiger partial charge is 0.0369 e. The van der Waals surface area contributed by atoms with Crippen molar-refractivity contribution in [3.8, 4) is 0 Å². The second-order valence-electron chi connectivity index (χ2n) is 7.33. The Bertz CT molecular complexity index is 428. The molecule has 4 saturated carbocycles. The standard InChI is InChI=1S/C18H26N2/c1-2-20-18(14-4-3-5-19-11-14)17-15-7-12-6-13(9-15)10-16(17)8-12/h3-5,11-13,15-18,20H,2,6-10H2,1H3. The number of nitrogens with zero attached hydrogens (tertiary/aromatic N) is 1. The van der Waals surface area contributed by atoms with Gasteiger partial charge in [-0.25, -0.2) is 0 Å². The van der Waals surface area contributed by atoms with Crippen LogP contribution in [0.3, 0.4) is 0 Å². The van der Waals surface area contributed by atoms with E-state index in [1.54, 1.807) is 6.42 Å². The largest absolute Gasteiger partial charge is 0.310 e. The molecule has 1 aromatic heterocycles. The molecule has 0 aromatic carbocycles. The topological polar surface area (TPSA) is 24.9 Å². The maximum absolute atomic E-state index is 4.36. The Morgan fingerprint density at radius 3 is 2.40 bits per heavy atom. The second kappa shape index (κ2) is 5.14. The Hall–Kier alpha value is -0.890. The van der Waals surface area contributed by atoms with Gasteiger partial charge < -0.3 is 5.32 Å². The highest BCUT2D eigenvalue weighted by Gasteiger charge is 2.50. The molecule has 108 valence electrons. The van der Waals surface area contributed by atoms with Gasteiger partial charge in [-0.15, -0.1) is 0 Å². The quantitative estimate of drug-likeness (QED) is 0.900. The molecule has 2 heteroatoms. The molecular formula is C18H26N2. The van der Waals surface area contributed by atoms with Gasteiger partial charge in [0.05, 0.1) is 0 Å². The predicted octanol–water partition coefficient (Wildman–Crippen LogP) is 3.80. The lowest BCUT2D eigenvalue weighted by atomic mass is 9.50. The highest BCUT2D eigenvalue weighted by Crippen LogP contribution is 2.59. The van der Waals surface area contributed by atoms with Crippen molar-refractivity contribution in [2.45, 2.75) is 45.1 Å². The van der Waals surface area contributed by atoms with Crippen molar-refractivity contribution in [2.75, 3.05) is 6.54 Å². The number of rotatable bonds is 4. The van der Waals surface area contributed by atoms with Crippen molar-refractivity contribution in [1.82, 2.24) is 10.3 Å². The van der Waals surface area contributed by atoms with Gasteiger partial charge in [-0.3, -0.25) is 4.98 Å². The lowest BCUT2D eigenvalue weighted by Gasteiger charge is -2.56. The fourth-order valence-corrected chi connectivity index (χ4v) is 5.77. The minimum absolute atomic E-state index is 0.531. The van der Waals surface area contributed by atoms with Crippen molar-refractivity contribution < 1.29 is 0 Å². The molecular weight excluding hydrogens is 244 g/mol. The fourth-order valence-electron chi connectivity index (χ4n) is 5.77. The van der Waals surface area contributed by atoms with E-state index in [0.29, 0.717) is 6.04 Å². The van der Waals surface area contributed by atoms with Crippen LogP contribution in [0.4, 0.5) is 0 Å². The zero-order valence-electron chi connectivity index (χ0n) is 12.5. The van der Waals surface area contributed by atoms with Gasteiger partial charge in [-0.1, -0.05) is 13.0 Å². The second-order valence-corrected chi connectivity index (χ2v) is 7.33. The third-order valence-electron chi connectivity index (χ3n) is 6.15. The first-order chi connectivity index (χ1) is 9.85. The van der Waals surface area contributed by atoms with E-state index in [4.69, 9.17) is 0 Å². The summed E-state index contributed by atoms with van der Waals surface area (Å²) < 4.78 is 0. The van der Waals surface area contributed by atoms with Gasteiger partial charge >= 0.3 is 0 Å². The SMILES string of the molecule is CCNC(c1cccnc1)C1C2CC3CC(C2)CC1C3. The number of aromatic nitrogens is 1. The van der Waals surface area contributed by atoms with E-state index < -0.39 is 0 Å². The Morgan fingerprint density at radius 2 is 1.85 bits per heavy atom. The van der Waals surface area contributed by atoms with Gasteiger partial charge in [0.2, 0.25) is 0 Å². The third kappa shape index (κ3) is 2.09. The molecule has 4 fully saturated rings. The van der Waals surface area contributed by atoms with Crippen molar-refractivity contribution in [3.63, 3.8) is 0 Å². The van der Waals surface area contributed by atoms with Gasteiger partial charge in [-0.2, -0.15) is 0 Å².